The molecule has 2 aromatic rings. The Morgan fingerprint density at radius 3 is 3.00 bits per heavy atom. The van der Waals surface area contributed by atoms with Crippen LogP contribution in [0.25, 0.3) is 0 Å². The lowest BCUT2D eigenvalue weighted by Crippen LogP contribution is -2.13. The third-order valence-corrected chi connectivity index (χ3v) is 2.25. The van der Waals surface area contributed by atoms with E-state index in [9.17, 15) is 9.18 Å². The summed E-state index contributed by atoms with van der Waals surface area (Å²) in [4.78, 5) is 17.2. The quantitative estimate of drug-likeness (QED) is 0.748. The highest BCUT2D eigenvalue weighted by atomic mass is 19.1. The molecule has 18 heavy (non-hydrogen) atoms. The van der Waals surface area contributed by atoms with Gasteiger partial charge in [0.15, 0.2) is 5.69 Å². The fourth-order valence-electron chi connectivity index (χ4n) is 1.32. The minimum Gasteiger partial charge on any atom is -0.437 e. The van der Waals surface area contributed by atoms with Gasteiger partial charge in [-0.05, 0) is 18.2 Å². The van der Waals surface area contributed by atoms with Crippen LogP contribution in [0.5, 0.6) is 11.6 Å². The van der Waals surface area contributed by atoms with Crippen molar-refractivity contribution in [2.75, 3.05) is 5.73 Å². The van der Waals surface area contributed by atoms with Crippen molar-refractivity contribution >= 4 is 5.69 Å². The molecule has 0 aliphatic carbocycles. The number of aliphatic hydroxyl groups excluding tert-OH is 1. The third kappa shape index (κ3) is 2.30. The Hall–Kier alpha value is -2.41. The fraction of sp³-hybridized carbons (Fsp3) is 0.0909. The van der Waals surface area contributed by atoms with Crippen molar-refractivity contribution in [3.63, 3.8) is 0 Å². The monoisotopic (exact) mass is 251 g/mol. The zero-order valence-corrected chi connectivity index (χ0v) is 9.18. The number of nitrogen functional groups attached to an aromatic ring is 1. The van der Waals surface area contributed by atoms with Gasteiger partial charge in [0.1, 0.15) is 11.6 Å². The van der Waals surface area contributed by atoms with Gasteiger partial charge in [0.25, 0.3) is 5.56 Å². The molecule has 1 heterocycles. The zero-order valence-electron chi connectivity index (χ0n) is 9.18. The van der Waals surface area contributed by atoms with E-state index in [0.717, 1.165) is 12.4 Å². The molecule has 0 fully saturated rings. The lowest BCUT2D eigenvalue weighted by Gasteiger charge is -2.07. The number of nitrogens with zero attached hydrogens (tertiary/aromatic N) is 1. The Bertz CT molecular complexity index is 627. The Kier molecular flexibility index (Phi) is 3.24. The number of nitrogens with one attached hydrogen (secondary N) is 1. The molecule has 0 spiro atoms. The van der Waals surface area contributed by atoms with Crippen molar-refractivity contribution < 1.29 is 14.2 Å². The van der Waals surface area contributed by atoms with E-state index in [1.807, 2.05) is 0 Å². The molecule has 0 bridgehead atoms. The average molecular weight is 251 g/mol. The van der Waals surface area contributed by atoms with Gasteiger partial charge in [0.2, 0.25) is 5.88 Å². The van der Waals surface area contributed by atoms with Crippen LogP contribution in [0.4, 0.5) is 10.1 Å². The number of aromatic amines is 1. The van der Waals surface area contributed by atoms with Crippen molar-refractivity contribution in [3.05, 3.63) is 46.3 Å². The maximum atomic E-state index is 13.1. The topological polar surface area (TPSA) is 101 Å². The summed E-state index contributed by atoms with van der Waals surface area (Å²) in [6, 6.07) is 3.79. The van der Waals surface area contributed by atoms with E-state index >= 15 is 0 Å². The molecule has 0 unspecified atom stereocenters. The number of aliphatic hydroxyl groups is 1. The molecule has 1 aromatic heterocycles. The molecule has 0 saturated carbocycles. The summed E-state index contributed by atoms with van der Waals surface area (Å²) >= 11 is 0. The molecule has 0 atom stereocenters. The van der Waals surface area contributed by atoms with Crippen LogP contribution in [0.2, 0.25) is 0 Å². The number of nitrogens with two attached hydrogens (primary N) is 1. The van der Waals surface area contributed by atoms with E-state index in [-0.39, 0.29) is 22.9 Å². The first-order valence-electron chi connectivity index (χ1n) is 5.02. The molecule has 0 saturated heterocycles. The zero-order chi connectivity index (χ0) is 13.1. The summed E-state index contributed by atoms with van der Waals surface area (Å²) < 4.78 is 18.4. The van der Waals surface area contributed by atoms with Crippen molar-refractivity contribution in [1.29, 1.82) is 0 Å². The summed E-state index contributed by atoms with van der Waals surface area (Å²) in [7, 11) is 0. The summed E-state index contributed by atoms with van der Waals surface area (Å²) in [5.41, 5.74) is 4.86. The first-order chi connectivity index (χ1) is 8.61. The summed E-state index contributed by atoms with van der Waals surface area (Å²) in [5, 5.41) is 8.92. The van der Waals surface area contributed by atoms with Crippen molar-refractivity contribution in [2.24, 2.45) is 0 Å². The molecule has 7 heteroatoms. The van der Waals surface area contributed by atoms with Crippen molar-refractivity contribution in [2.45, 2.75) is 6.61 Å². The average Bonchev–Trinajstić information content (AvgIpc) is 2.37. The van der Waals surface area contributed by atoms with E-state index in [1.54, 1.807) is 0 Å². The van der Waals surface area contributed by atoms with Crippen LogP contribution in [0, 0.1) is 5.82 Å². The number of ether oxygens (including phenoxy) is 1. The molecule has 0 amide bonds. The minimum atomic E-state index is -0.545. The number of aromatic nitrogens is 2. The van der Waals surface area contributed by atoms with Gasteiger partial charge in [-0.2, -0.15) is 0 Å². The maximum Gasteiger partial charge on any atom is 0.277 e. The molecule has 0 aliphatic heterocycles. The second-order valence-electron chi connectivity index (χ2n) is 3.46. The first kappa shape index (κ1) is 12.1. The minimum absolute atomic E-state index is 0.0748. The van der Waals surface area contributed by atoms with Gasteiger partial charge in [-0.25, -0.2) is 9.37 Å². The molecular weight excluding hydrogens is 241 g/mol. The van der Waals surface area contributed by atoms with Crippen LogP contribution >= 0.6 is 0 Å². The number of hydrogen-bond donors (Lipinski definition) is 3. The van der Waals surface area contributed by atoms with Gasteiger partial charge in [-0.15, -0.1) is 0 Å². The van der Waals surface area contributed by atoms with Crippen molar-refractivity contribution in [1.82, 2.24) is 9.97 Å². The lowest BCUT2D eigenvalue weighted by molar-refractivity contribution is 0.275. The number of halogens is 1. The molecule has 0 aliphatic rings. The normalized spacial score (nSPS) is 10.3. The van der Waals surface area contributed by atoms with Crippen molar-refractivity contribution in [3.8, 4) is 11.6 Å². The smallest absolute Gasteiger partial charge is 0.277 e. The predicted molar refractivity (Wildman–Crippen MR) is 61.7 cm³/mol. The Balaban J connectivity index is 2.34. The first-order valence-corrected chi connectivity index (χ1v) is 5.02. The van der Waals surface area contributed by atoms with Crippen LogP contribution in [-0.2, 0) is 6.61 Å². The third-order valence-electron chi connectivity index (χ3n) is 2.25. The Morgan fingerprint density at radius 2 is 2.28 bits per heavy atom. The van der Waals surface area contributed by atoms with E-state index in [1.165, 1.54) is 12.1 Å². The van der Waals surface area contributed by atoms with E-state index in [0.29, 0.717) is 0 Å². The predicted octanol–water partition coefficient (Wildman–Crippen LogP) is 0.776. The number of rotatable bonds is 3. The van der Waals surface area contributed by atoms with Crippen LogP contribution in [0.3, 0.4) is 0 Å². The Labute approximate surface area is 101 Å². The van der Waals surface area contributed by atoms with E-state index < -0.39 is 18.0 Å². The lowest BCUT2D eigenvalue weighted by atomic mass is 10.2. The Morgan fingerprint density at radius 1 is 1.50 bits per heavy atom. The van der Waals surface area contributed by atoms with Gasteiger partial charge < -0.3 is 20.6 Å². The highest BCUT2D eigenvalue weighted by Crippen LogP contribution is 2.24. The second kappa shape index (κ2) is 4.84. The maximum absolute atomic E-state index is 13.1. The van der Waals surface area contributed by atoms with E-state index in [4.69, 9.17) is 15.6 Å². The standard InChI is InChI=1S/C11H10FN3O3/c12-8-2-1-7(3-6(8)4-16)18-11-9(13)10(17)14-5-15-11/h1-3,5,16H,4,13H2,(H,14,15,17). The SMILES string of the molecule is Nc1c(Oc2ccc(F)c(CO)c2)nc[nH]c1=O. The highest BCUT2D eigenvalue weighted by Gasteiger charge is 2.09. The van der Waals surface area contributed by atoms with Gasteiger partial charge in [-0.1, -0.05) is 0 Å². The van der Waals surface area contributed by atoms with Gasteiger partial charge in [0, 0.05) is 5.56 Å². The van der Waals surface area contributed by atoms with Crippen LogP contribution in [0.1, 0.15) is 5.56 Å². The number of benzene rings is 1. The van der Waals surface area contributed by atoms with Crippen LogP contribution in [0.15, 0.2) is 29.3 Å². The summed E-state index contributed by atoms with van der Waals surface area (Å²) in [6.07, 6.45) is 1.14. The number of anilines is 1. The van der Waals surface area contributed by atoms with Gasteiger partial charge >= 0.3 is 0 Å². The molecule has 94 valence electrons. The van der Waals surface area contributed by atoms with Gasteiger partial charge in [0.05, 0.1) is 12.9 Å². The summed E-state index contributed by atoms with van der Waals surface area (Å²) in [6.45, 7) is -0.457. The van der Waals surface area contributed by atoms with E-state index in [2.05, 4.69) is 9.97 Å². The largest absolute Gasteiger partial charge is 0.437 e. The molecule has 0 radical (unpaired) electrons. The molecule has 1 aromatic carbocycles. The number of hydrogen-bond acceptors (Lipinski definition) is 5. The summed E-state index contributed by atoms with van der Waals surface area (Å²) in [5.74, 6) is -0.392. The molecular formula is C11H10FN3O3. The number of H-pyrrole nitrogens is 1. The van der Waals surface area contributed by atoms with Gasteiger partial charge in [-0.3, -0.25) is 4.79 Å². The molecule has 4 N–H and O–H groups in total. The molecule has 6 nitrogen and oxygen atoms in total. The van der Waals surface area contributed by atoms with Crippen LogP contribution < -0.4 is 16.0 Å². The highest BCUT2D eigenvalue weighted by molar-refractivity contribution is 5.47. The van der Waals surface area contributed by atoms with Crippen LogP contribution in [-0.4, -0.2) is 15.1 Å². The molecule has 2 rings (SSSR count). The fourth-order valence-corrected chi connectivity index (χ4v) is 1.32. The second-order valence-corrected chi connectivity index (χ2v) is 3.46.